The smallest absolute Gasteiger partial charge is 0.264 e. The molecule has 3 rings (SSSR count). The van der Waals surface area contributed by atoms with Gasteiger partial charge in [0, 0.05) is 12.1 Å². The molecule has 9 heteroatoms. The number of anilines is 1. The largest absolute Gasteiger partial charge is 0.350 e. The molecule has 3 aromatic carbocycles. The molecule has 1 atom stereocenters. The first-order valence-electron chi connectivity index (χ1n) is 13.2. The number of halogens is 1. The number of nitrogens with zero attached hydrogens (tertiary/aromatic N) is 2. The Morgan fingerprint density at radius 3 is 2.02 bits per heavy atom. The Morgan fingerprint density at radius 2 is 1.50 bits per heavy atom. The molecule has 0 heterocycles. The fraction of sp³-hybridized carbons (Fsp3) is 0.355. The Bertz CT molecular complexity index is 1420. The summed E-state index contributed by atoms with van der Waals surface area (Å²) in [7, 11) is -4.14. The van der Waals surface area contributed by atoms with E-state index in [0.29, 0.717) is 17.7 Å². The number of carbonyl (C=O) groups excluding carboxylic acids is 2. The SMILES string of the molecule is CCC(C(=O)NC(C)(C)C)N(Cc1ccc(F)cc1)C(=O)CN(c1cc(C)cc(C)c1)S(=O)(=O)c1ccccc1. The molecule has 3 aromatic rings. The van der Waals surface area contributed by atoms with Crippen molar-refractivity contribution in [2.75, 3.05) is 10.8 Å². The van der Waals surface area contributed by atoms with E-state index in [0.717, 1.165) is 15.4 Å². The average molecular weight is 568 g/mol. The third kappa shape index (κ3) is 7.91. The predicted octanol–water partition coefficient (Wildman–Crippen LogP) is 5.36. The number of hydrogen-bond donors (Lipinski definition) is 1. The predicted molar refractivity (Wildman–Crippen MR) is 156 cm³/mol. The molecule has 40 heavy (non-hydrogen) atoms. The topological polar surface area (TPSA) is 86.8 Å². The van der Waals surface area contributed by atoms with Gasteiger partial charge < -0.3 is 10.2 Å². The van der Waals surface area contributed by atoms with Crippen LogP contribution in [0.15, 0.2) is 77.7 Å². The first-order chi connectivity index (χ1) is 18.7. The van der Waals surface area contributed by atoms with Gasteiger partial charge in [-0.3, -0.25) is 13.9 Å². The summed E-state index contributed by atoms with van der Waals surface area (Å²) in [5.74, 6) is -1.33. The molecule has 1 unspecified atom stereocenters. The van der Waals surface area contributed by atoms with Gasteiger partial charge in [-0.2, -0.15) is 0 Å². The van der Waals surface area contributed by atoms with Crippen LogP contribution < -0.4 is 9.62 Å². The minimum atomic E-state index is -4.14. The quantitative estimate of drug-likeness (QED) is 0.357. The van der Waals surface area contributed by atoms with Gasteiger partial charge in [0.1, 0.15) is 18.4 Å². The van der Waals surface area contributed by atoms with E-state index in [2.05, 4.69) is 5.32 Å². The highest BCUT2D eigenvalue weighted by molar-refractivity contribution is 7.92. The number of hydrogen-bond acceptors (Lipinski definition) is 4. The van der Waals surface area contributed by atoms with E-state index in [4.69, 9.17) is 0 Å². The summed E-state index contributed by atoms with van der Waals surface area (Å²) in [6.45, 7) is 10.5. The molecule has 0 aliphatic rings. The fourth-order valence-electron chi connectivity index (χ4n) is 4.50. The van der Waals surface area contributed by atoms with Crippen molar-refractivity contribution >= 4 is 27.5 Å². The summed E-state index contributed by atoms with van der Waals surface area (Å²) < 4.78 is 42.5. The molecule has 0 saturated carbocycles. The van der Waals surface area contributed by atoms with E-state index in [1.165, 1.54) is 29.2 Å². The van der Waals surface area contributed by atoms with Crippen molar-refractivity contribution in [1.29, 1.82) is 0 Å². The third-order valence-electron chi connectivity index (χ3n) is 6.25. The third-order valence-corrected chi connectivity index (χ3v) is 8.04. The number of aryl methyl sites for hydroxylation is 2. The molecule has 2 amide bonds. The molecule has 0 aliphatic heterocycles. The Labute approximate surface area is 237 Å². The molecule has 0 fully saturated rings. The van der Waals surface area contributed by atoms with E-state index < -0.39 is 39.9 Å². The molecule has 214 valence electrons. The van der Waals surface area contributed by atoms with Crippen LogP contribution in [0.4, 0.5) is 10.1 Å². The second-order valence-electron chi connectivity index (χ2n) is 11.0. The van der Waals surface area contributed by atoms with E-state index in [1.54, 1.807) is 49.4 Å². The molecule has 0 saturated heterocycles. The number of carbonyl (C=O) groups is 2. The summed E-state index contributed by atoms with van der Waals surface area (Å²) in [4.78, 5) is 28.9. The molecular weight excluding hydrogens is 529 g/mol. The first kappa shape index (κ1) is 30.8. The maximum Gasteiger partial charge on any atom is 0.264 e. The van der Waals surface area contributed by atoms with E-state index >= 15 is 0 Å². The standard InChI is InChI=1S/C31H38FN3O4S/c1-7-28(30(37)33-31(4,5)6)34(20-24-13-15-25(32)16-14-24)29(36)21-35(26-18-22(2)17-23(3)19-26)40(38,39)27-11-9-8-10-12-27/h8-19,28H,7,20-21H2,1-6H3,(H,33,37). The van der Waals surface area contributed by atoms with Crippen molar-refractivity contribution in [2.24, 2.45) is 0 Å². The van der Waals surface area contributed by atoms with Crippen LogP contribution in [0.3, 0.4) is 0 Å². The summed E-state index contributed by atoms with van der Waals surface area (Å²) in [6, 6.07) is 18.1. The molecule has 0 radical (unpaired) electrons. The zero-order valence-corrected chi connectivity index (χ0v) is 24.8. The van der Waals surface area contributed by atoms with Crippen LogP contribution in [0.5, 0.6) is 0 Å². The number of benzene rings is 3. The lowest BCUT2D eigenvalue weighted by Gasteiger charge is -2.35. The van der Waals surface area contributed by atoms with Gasteiger partial charge in [0.15, 0.2) is 0 Å². The zero-order chi connectivity index (χ0) is 29.7. The lowest BCUT2D eigenvalue weighted by atomic mass is 10.1. The molecule has 0 spiro atoms. The van der Waals surface area contributed by atoms with Crippen LogP contribution >= 0.6 is 0 Å². The summed E-state index contributed by atoms with van der Waals surface area (Å²) in [6.07, 6.45) is 0.295. The van der Waals surface area contributed by atoms with E-state index in [1.807, 2.05) is 40.7 Å². The Balaban J connectivity index is 2.09. The first-order valence-corrected chi connectivity index (χ1v) is 14.7. The van der Waals surface area contributed by atoms with Crippen LogP contribution in [-0.2, 0) is 26.2 Å². The number of rotatable bonds is 10. The van der Waals surface area contributed by atoms with Gasteiger partial charge in [-0.1, -0.05) is 43.3 Å². The van der Waals surface area contributed by atoms with Gasteiger partial charge in [0.2, 0.25) is 11.8 Å². The van der Waals surface area contributed by atoms with Crippen molar-refractivity contribution in [1.82, 2.24) is 10.2 Å². The van der Waals surface area contributed by atoms with Gasteiger partial charge in [0.25, 0.3) is 10.0 Å². The highest BCUT2D eigenvalue weighted by Crippen LogP contribution is 2.27. The van der Waals surface area contributed by atoms with Crippen molar-refractivity contribution in [3.05, 3.63) is 95.3 Å². The lowest BCUT2D eigenvalue weighted by molar-refractivity contribution is -0.141. The molecule has 0 aliphatic carbocycles. The van der Waals surface area contributed by atoms with Gasteiger partial charge in [0.05, 0.1) is 10.6 Å². The van der Waals surface area contributed by atoms with Crippen LogP contribution in [0.1, 0.15) is 50.8 Å². The number of nitrogens with one attached hydrogen (secondary N) is 1. The summed E-state index contributed by atoms with van der Waals surface area (Å²) in [5, 5.41) is 2.93. The Kier molecular flexibility index (Phi) is 9.73. The monoisotopic (exact) mass is 567 g/mol. The number of sulfonamides is 1. The molecule has 0 bridgehead atoms. The minimum absolute atomic E-state index is 0.00124. The fourth-order valence-corrected chi connectivity index (χ4v) is 5.92. The maximum absolute atomic E-state index is 14.1. The van der Waals surface area contributed by atoms with E-state index in [9.17, 15) is 22.4 Å². The van der Waals surface area contributed by atoms with Crippen molar-refractivity contribution in [3.63, 3.8) is 0 Å². The Morgan fingerprint density at radius 1 is 0.925 bits per heavy atom. The minimum Gasteiger partial charge on any atom is -0.350 e. The van der Waals surface area contributed by atoms with Crippen molar-refractivity contribution in [2.45, 2.75) is 71.0 Å². The van der Waals surface area contributed by atoms with Gasteiger partial charge in [-0.05, 0) is 94.1 Å². The van der Waals surface area contributed by atoms with E-state index in [-0.39, 0.29) is 17.3 Å². The highest BCUT2D eigenvalue weighted by Gasteiger charge is 2.34. The summed E-state index contributed by atoms with van der Waals surface area (Å²) in [5.41, 5.74) is 2.10. The second kappa shape index (κ2) is 12.6. The zero-order valence-electron chi connectivity index (χ0n) is 23.9. The molecule has 1 N–H and O–H groups in total. The lowest BCUT2D eigenvalue weighted by Crippen LogP contribution is -2.55. The van der Waals surface area contributed by atoms with Gasteiger partial charge in [-0.15, -0.1) is 0 Å². The van der Waals surface area contributed by atoms with Crippen LogP contribution in [0.25, 0.3) is 0 Å². The summed E-state index contributed by atoms with van der Waals surface area (Å²) >= 11 is 0. The second-order valence-corrected chi connectivity index (χ2v) is 12.8. The normalized spacial score (nSPS) is 12.5. The molecule has 7 nitrogen and oxygen atoms in total. The van der Waals surface area contributed by atoms with Gasteiger partial charge in [-0.25, -0.2) is 12.8 Å². The number of amides is 2. The molecular formula is C31H38FN3O4S. The average Bonchev–Trinajstić information content (AvgIpc) is 2.87. The van der Waals surface area contributed by atoms with Crippen molar-refractivity contribution in [3.8, 4) is 0 Å². The van der Waals surface area contributed by atoms with Crippen molar-refractivity contribution < 1.29 is 22.4 Å². The van der Waals surface area contributed by atoms with Crippen LogP contribution in [0.2, 0.25) is 0 Å². The van der Waals surface area contributed by atoms with Crippen LogP contribution in [-0.4, -0.2) is 43.3 Å². The highest BCUT2D eigenvalue weighted by atomic mass is 32.2. The Hall–Kier alpha value is -3.72. The molecule has 0 aromatic heterocycles. The van der Waals surface area contributed by atoms with Crippen LogP contribution in [0, 0.1) is 19.7 Å². The maximum atomic E-state index is 14.1. The van der Waals surface area contributed by atoms with Gasteiger partial charge >= 0.3 is 0 Å².